The lowest BCUT2D eigenvalue weighted by molar-refractivity contribution is -0.322. The topological polar surface area (TPSA) is 159 Å². The summed E-state index contributed by atoms with van der Waals surface area (Å²) in [6, 6.07) is -1.67. The van der Waals surface area contributed by atoms with Gasteiger partial charge in [-0.2, -0.15) is 0 Å². The maximum absolute atomic E-state index is 12.7. The number of nitrogens with one attached hydrogen (secondary N) is 1. The third kappa shape index (κ3) is 7.64. The van der Waals surface area contributed by atoms with E-state index in [2.05, 4.69) is 12.2 Å². The highest BCUT2D eigenvalue weighted by Gasteiger charge is 2.72. The van der Waals surface area contributed by atoms with Gasteiger partial charge >= 0.3 is 0 Å². The first-order chi connectivity index (χ1) is 16.8. The van der Waals surface area contributed by atoms with E-state index in [4.69, 9.17) is 9.47 Å². The number of rotatable bonds is 17. The molecule has 0 aromatic carbocycles. The number of aliphatic hydroxyl groups is 3. The molecule has 208 valence electrons. The van der Waals surface area contributed by atoms with Crippen molar-refractivity contribution in [3.8, 4) is 0 Å². The van der Waals surface area contributed by atoms with E-state index in [-0.39, 0.29) is 6.61 Å². The third-order valence-electron chi connectivity index (χ3n) is 6.91. The molecule has 4 N–H and O–H groups in total. The molecule has 36 heavy (non-hydrogen) atoms. The first-order valence-corrected chi connectivity index (χ1v) is 13.0. The van der Waals surface area contributed by atoms with Crippen molar-refractivity contribution in [2.75, 3.05) is 6.61 Å². The van der Waals surface area contributed by atoms with Crippen molar-refractivity contribution < 1.29 is 44.0 Å². The zero-order valence-electron chi connectivity index (χ0n) is 22.4. The zero-order chi connectivity index (χ0) is 27.5. The van der Waals surface area contributed by atoms with E-state index in [0.29, 0.717) is 6.42 Å². The third-order valence-corrected chi connectivity index (χ3v) is 6.91. The Morgan fingerprint density at radius 1 is 0.833 bits per heavy atom. The van der Waals surface area contributed by atoms with Crippen LogP contribution in [-0.4, -0.2) is 80.9 Å². The van der Waals surface area contributed by atoms with Crippen molar-refractivity contribution >= 4 is 23.3 Å². The lowest BCUT2D eigenvalue weighted by atomic mass is 9.66. The normalized spacial score (nSPS) is 28.9. The number of hydrogen-bond acceptors (Lipinski definition) is 9. The van der Waals surface area contributed by atoms with Gasteiger partial charge in [-0.15, -0.1) is 0 Å². The molecule has 1 heterocycles. The SMILES string of the molecule is CCCCCCCCCCCCO[C@H]1O[C@H](C(O)C(C)=O)[C@](O)(C(C)=O)[C@@](O)(C(C)=O)[C@@H]1NC(C)=O. The minimum Gasteiger partial charge on any atom is -0.382 e. The molecular weight excluding hydrogens is 470 g/mol. The molecular formula is C26H45NO9. The van der Waals surface area contributed by atoms with Gasteiger partial charge in [-0.3, -0.25) is 19.2 Å². The Morgan fingerprint density at radius 2 is 1.31 bits per heavy atom. The summed E-state index contributed by atoms with van der Waals surface area (Å²) in [6.07, 6.45) is 5.44. The fraction of sp³-hybridized carbons (Fsp3) is 0.846. The summed E-state index contributed by atoms with van der Waals surface area (Å²) in [5.74, 6) is -3.70. The number of aliphatic hydroxyl groups excluding tert-OH is 1. The van der Waals surface area contributed by atoms with Crippen molar-refractivity contribution in [1.29, 1.82) is 0 Å². The minimum atomic E-state index is -3.02. The Hall–Kier alpha value is -1.72. The van der Waals surface area contributed by atoms with Crippen LogP contribution in [0.1, 0.15) is 98.8 Å². The summed E-state index contributed by atoms with van der Waals surface area (Å²) in [6.45, 7) is 6.29. The monoisotopic (exact) mass is 515 g/mol. The Labute approximate surface area is 214 Å². The number of unbranched alkanes of at least 4 members (excludes halogenated alkanes) is 9. The van der Waals surface area contributed by atoms with Crippen LogP contribution < -0.4 is 5.32 Å². The molecule has 6 atom stereocenters. The Bertz CT molecular complexity index is 758. The summed E-state index contributed by atoms with van der Waals surface area (Å²) in [5, 5.41) is 35.6. The van der Waals surface area contributed by atoms with Crippen LogP contribution in [0.15, 0.2) is 0 Å². The highest BCUT2D eigenvalue weighted by Crippen LogP contribution is 2.41. The van der Waals surface area contributed by atoms with E-state index in [1.165, 1.54) is 38.5 Å². The van der Waals surface area contributed by atoms with E-state index in [0.717, 1.165) is 47.0 Å². The van der Waals surface area contributed by atoms with Gasteiger partial charge in [0.25, 0.3) is 0 Å². The number of hydrogen-bond donors (Lipinski definition) is 4. The van der Waals surface area contributed by atoms with E-state index in [9.17, 15) is 34.5 Å². The fourth-order valence-electron chi connectivity index (χ4n) is 4.76. The van der Waals surface area contributed by atoms with Crippen LogP contribution in [0.4, 0.5) is 0 Å². The molecule has 1 aliphatic rings. The minimum absolute atomic E-state index is 0.132. The Morgan fingerprint density at radius 3 is 1.72 bits per heavy atom. The zero-order valence-corrected chi connectivity index (χ0v) is 22.4. The van der Waals surface area contributed by atoms with Gasteiger partial charge < -0.3 is 30.1 Å². The summed E-state index contributed by atoms with van der Waals surface area (Å²) < 4.78 is 11.4. The molecule has 0 spiro atoms. The molecule has 0 bridgehead atoms. The van der Waals surface area contributed by atoms with Crippen molar-refractivity contribution in [2.24, 2.45) is 0 Å². The standard InChI is InChI=1S/C26H45NO9/c1-6-7-8-9-10-11-12-13-14-15-16-35-24-22(27-20(5)31)25(33,18(3)29)26(34,19(4)30)23(36-24)21(32)17(2)28/h21-24,32-34H,6-16H2,1-5H3,(H,27,31)/t21?,22-,23-,24+,25-,26-/m1/s1. The second-order valence-electron chi connectivity index (χ2n) is 9.86. The van der Waals surface area contributed by atoms with Gasteiger partial charge in [-0.25, -0.2) is 0 Å². The van der Waals surface area contributed by atoms with Crippen LogP contribution in [0.25, 0.3) is 0 Å². The molecule has 10 heteroatoms. The van der Waals surface area contributed by atoms with Crippen molar-refractivity contribution in [1.82, 2.24) is 5.32 Å². The van der Waals surface area contributed by atoms with Gasteiger partial charge in [-0.05, 0) is 27.2 Å². The van der Waals surface area contributed by atoms with Gasteiger partial charge in [0.2, 0.25) is 5.91 Å². The van der Waals surface area contributed by atoms with Crippen molar-refractivity contribution in [2.45, 2.75) is 135 Å². The summed E-state index contributed by atoms with van der Waals surface area (Å²) in [5.41, 5.74) is -5.94. The molecule has 1 amide bonds. The number of ether oxygens (including phenoxy) is 2. The van der Waals surface area contributed by atoms with Gasteiger partial charge in [0, 0.05) is 13.5 Å². The largest absolute Gasteiger partial charge is 0.382 e. The molecule has 1 unspecified atom stereocenters. The number of amides is 1. The number of carbonyl (C=O) groups is 4. The lowest BCUT2D eigenvalue weighted by Crippen LogP contribution is -2.83. The maximum atomic E-state index is 12.7. The quantitative estimate of drug-likeness (QED) is 0.212. The second-order valence-corrected chi connectivity index (χ2v) is 9.86. The van der Waals surface area contributed by atoms with Gasteiger partial charge in [0.05, 0.1) is 0 Å². The molecule has 0 radical (unpaired) electrons. The van der Waals surface area contributed by atoms with E-state index < -0.39 is 59.0 Å². The van der Waals surface area contributed by atoms with Crippen LogP contribution in [0.5, 0.6) is 0 Å². The highest BCUT2D eigenvalue weighted by atomic mass is 16.7. The molecule has 0 aromatic rings. The number of carbonyl (C=O) groups excluding carboxylic acids is 4. The highest BCUT2D eigenvalue weighted by molar-refractivity contribution is 6.00. The molecule has 0 saturated carbocycles. The number of ketones is 3. The van der Waals surface area contributed by atoms with E-state index >= 15 is 0 Å². The molecule has 0 aromatic heterocycles. The maximum Gasteiger partial charge on any atom is 0.217 e. The summed E-state index contributed by atoms with van der Waals surface area (Å²) in [7, 11) is 0. The van der Waals surface area contributed by atoms with Crippen molar-refractivity contribution in [3.05, 3.63) is 0 Å². The average molecular weight is 516 g/mol. The molecule has 1 rings (SSSR count). The molecule has 0 aliphatic carbocycles. The molecule has 10 nitrogen and oxygen atoms in total. The summed E-state index contributed by atoms with van der Waals surface area (Å²) >= 11 is 0. The number of Topliss-reactive ketones (excluding diaryl/α,β-unsaturated/α-hetero) is 3. The average Bonchev–Trinajstić information content (AvgIpc) is 2.80. The van der Waals surface area contributed by atoms with Crippen molar-refractivity contribution in [3.63, 3.8) is 0 Å². The molecule has 1 aliphatic heterocycles. The first-order valence-electron chi connectivity index (χ1n) is 13.0. The molecule has 1 saturated heterocycles. The second kappa shape index (κ2) is 14.9. The van der Waals surface area contributed by atoms with Gasteiger partial charge in [0.1, 0.15) is 18.2 Å². The van der Waals surface area contributed by atoms with E-state index in [1.54, 1.807) is 0 Å². The van der Waals surface area contributed by atoms with Crippen LogP contribution in [0, 0.1) is 0 Å². The fourth-order valence-corrected chi connectivity index (χ4v) is 4.76. The summed E-state index contributed by atoms with van der Waals surface area (Å²) in [4.78, 5) is 49.1. The van der Waals surface area contributed by atoms with Gasteiger partial charge in [0.15, 0.2) is 34.8 Å². The smallest absolute Gasteiger partial charge is 0.217 e. The van der Waals surface area contributed by atoms with Crippen LogP contribution in [0.2, 0.25) is 0 Å². The first kappa shape index (κ1) is 32.3. The molecule has 1 fully saturated rings. The van der Waals surface area contributed by atoms with Gasteiger partial charge in [-0.1, -0.05) is 64.7 Å². The Balaban J connectivity index is 2.96. The Kier molecular flexibility index (Phi) is 13.4. The van der Waals surface area contributed by atoms with Crippen LogP contribution in [0.3, 0.4) is 0 Å². The lowest BCUT2D eigenvalue weighted by Gasteiger charge is -2.55. The van der Waals surface area contributed by atoms with E-state index in [1.807, 2.05) is 0 Å². The predicted octanol–water partition coefficient (Wildman–Crippen LogP) is 1.74. The predicted molar refractivity (Wildman–Crippen MR) is 132 cm³/mol. The van der Waals surface area contributed by atoms with Crippen LogP contribution >= 0.6 is 0 Å². The van der Waals surface area contributed by atoms with Crippen LogP contribution in [-0.2, 0) is 28.7 Å².